The Hall–Kier alpha value is -3.54. The molecular weight excluding hydrogens is 422 g/mol. The third kappa shape index (κ3) is 6.97. The maximum Gasteiger partial charge on any atom is 0.266 e. The Kier molecular flexibility index (Phi) is 9.12. The van der Waals surface area contributed by atoms with Crippen LogP contribution in [-0.4, -0.2) is 64.0 Å². The first-order valence-electron chi connectivity index (χ1n) is 10.9. The van der Waals surface area contributed by atoms with Crippen LogP contribution in [0.25, 0.3) is 6.08 Å². The average Bonchev–Trinajstić information content (AvgIpc) is 2.85. The first-order valence-corrected chi connectivity index (χ1v) is 10.9. The zero-order valence-corrected chi connectivity index (χ0v) is 19.0. The third-order valence-electron chi connectivity index (χ3n) is 5.07. The molecule has 2 aromatic carbocycles. The fourth-order valence-corrected chi connectivity index (χ4v) is 3.36. The SMILES string of the molecule is CCOc1cc(/C=C(\C#N)C(=O)Nc2ccccc2OC)ccc1OCCN1CCOCC1. The number of benzene rings is 2. The molecule has 0 bridgehead atoms. The highest BCUT2D eigenvalue weighted by atomic mass is 16.5. The molecule has 0 saturated carbocycles. The van der Waals surface area contributed by atoms with Crippen molar-refractivity contribution >= 4 is 17.7 Å². The van der Waals surface area contributed by atoms with E-state index in [1.165, 1.54) is 13.2 Å². The van der Waals surface area contributed by atoms with E-state index in [9.17, 15) is 10.1 Å². The number of ether oxygens (including phenoxy) is 4. The van der Waals surface area contributed by atoms with Gasteiger partial charge in [-0.3, -0.25) is 9.69 Å². The van der Waals surface area contributed by atoms with Crippen LogP contribution in [0.4, 0.5) is 5.69 Å². The normalized spacial score (nSPS) is 14.3. The molecule has 8 heteroatoms. The molecule has 0 atom stereocenters. The smallest absolute Gasteiger partial charge is 0.266 e. The summed E-state index contributed by atoms with van der Waals surface area (Å²) in [4.78, 5) is 15.0. The number of rotatable bonds is 10. The van der Waals surface area contributed by atoms with E-state index in [4.69, 9.17) is 18.9 Å². The van der Waals surface area contributed by atoms with Gasteiger partial charge in [-0.1, -0.05) is 18.2 Å². The minimum atomic E-state index is -0.522. The van der Waals surface area contributed by atoms with Crippen LogP contribution >= 0.6 is 0 Å². The summed E-state index contributed by atoms with van der Waals surface area (Å²) >= 11 is 0. The molecule has 1 heterocycles. The number of amides is 1. The van der Waals surface area contributed by atoms with E-state index >= 15 is 0 Å². The van der Waals surface area contributed by atoms with Gasteiger partial charge in [0.15, 0.2) is 11.5 Å². The molecule has 3 rings (SSSR count). The Morgan fingerprint density at radius 2 is 1.94 bits per heavy atom. The van der Waals surface area contributed by atoms with E-state index in [2.05, 4.69) is 10.2 Å². The van der Waals surface area contributed by atoms with Crippen molar-refractivity contribution in [2.24, 2.45) is 0 Å². The van der Waals surface area contributed by atoms with Gasteiger partial charge in [0, 0.05) is 19.6 Å². The summed E-state index contributed by atoms with van der Waals surface area (Å²) in [5.74, 6) is 1.18. The number of para-hydroxylation sites is 2. The zero-order chi connectivity index (χ0) is 23.5. The monoisotopic (exact) mass is 451 g/mol. The Morgan fingerprint density at radius 3 is 2.67 bits per heavy atom. The van der Waals surface area contributed by atoms with Gasteiger partial charge in [-0.15, -0.1) is 0 Å². The molecule has 1 aliphatic heterocycles. The number of morpholine rings is 1. The van der Waals surface area contributed by atoms with E-state index in [0.29, 0.717) is 41.7 Å². The second-order valence-electron chi connectivity index (χ2n) is 7.27. The number of hydrogen-bond donors (Lipinski definition) is 1. The number of methoxy groups -OCH3 is 1. The van der Waals surface area contributed by atoms with E-state index in [0.717, 1.165) is 32.8 Å². The van der Waals surface area contributed by atoms with Crippen molar-refractivity contribution in [3.05, 3.63) is 53.6 Å². The number of nitrogens with one attached hydrogen (secondary N) is 1. The summed E-state index contributed by atoms with van der Waals surface area (Å²) in [7, 11) is 1.52. The second-order valence-corrected chi connectivity index (χ2v) is 7.27. The summed E-state index contributed by atoms with van der Waals surface area (Å²) in [6.45, 7) is 6.98. The molecule has 0 radical (unpaired) electrons. The highest BCUT2D eigenvalue weighted by molar-refractivity contribution is 6.10. The predicted molar refractivity (Wildman–Crippen MR) is 126 cm³/mol. The van der Waals surface area contributed by atoms with Crippen LogP contribution in [0, 0.1) is 11.3 Å². The lowest BCUT2D eigenvalue weighted by atomic mass is 10.1. The van der Waals surface area contributed by atoms with Gasteiger partial charge >= 0.3 is 0 Å². The highest BCUT2D eigenvalue weighted by Gasteiger charge is 2.14. The number of anilines is 1. The molecule has 1 amide bonds. The lowest BCUT2D eigenvalue weighted by Crippen LogP contribution is -2.38. The van der Waals surface area contributed by atoms with Gasteiger partial charge in [-0.2, -0.15) is 5.26 Å². The molecule has 1 saturated heterocycles. The molecule has 0 aromatic heterocycles. The molecule has 8 nitrogen and oxygen atoms in total. The molecule has 174 valence electrons. The number of hydrogen-bond acceptors (Lipinski definition) is 7. The van der Waals surface area contributed by atoms with Gasteiger partial charge in [0.2, 0.25) is 0 Å². The molecule has 1 aliphatic rings. The molecule has 1 fully saturated rings. The quantitative estimate of drug-likeness (QED) is 0.437. The van der Waals surface area contributed by atoms with E-state index in [1.807, 2.05) is 13.0 Å². The summed E-state index contributed by atoms with van der Waals surface area (Å²) in [6.07, 6.45) is 1.52. The fraction of sp³-hybridized carbons (Fsp3) is 0.360. The number of carbonyl (C=O) groups is 1. The molecule has 0 unspecified atom stereocenters. The van der Waals surface area contributed by atoms with Gasteiger partial charge in [-0.05, 0) is 42.8 Å². The first kappa shape index (κ1) is 24.1. The van der Waals surface area contributed by atoms with Gasteiger partial charge in [0.1, 0.15) is 24.0 Å². The maximum absolute atomic E-state index is 12.7. The van der Waals surface area contributed by atoms with Crippen LogP contribution in [0.5, 0.6) is 17.2 Å². The van der Waals surface area contributed by atoms with Crippen molar-refractivity contribution in [2.75, 3.05) is 58.5 Å². The molecule has 2 aromatic rings. The molecule has 33 heavy (non-hydrogen) atoms. The zero-order valence-electron chi connectivity index (χ0n) is 19.0. The molecule has 1 N–H and O–H groups in total. The first-order chi connectivity index (χ1) is 16.1. The second kappa shape index (κ2) is 12.5. The minimum absolute atomic E-state index is 0.0376. The van der Waals surface area contributed by atoms with Crippen LogP contribution in [0.15, 0.2) is 48.0 Å². The molecule has 0 aliphatic carbocycles. The topological polar surface area (TPSA) is 93.0 Å². The predicted octanol–water partition coefficient (Wildman–Crippen LogP) is 3.35. The standard InChI is InChI=1S/C25H29N3O5/c1-3-32-24-17-19(8-9-23(24)33-15-12-28-10-13-31-14-11-28)16-20(18-26)25(29)27-21-6-4-5-7-22(21)30-2/h4-9,16-17H,3,10-15H2,1-2H3,(H,27,29)/b20-16+. The van der Waals surface area contributed by atoms with Crippen LogP contribution in [0.2, 0.25) is 0 Å². The fourth-order valence-electron chi connectivity index (χ4n) is 3.36. The summed E-state index contributed by atoms with van der Waals surface area (Å²) in [5, 5.41) is 12.3. The van der Waals surface area contributed by atoms with Crippen LogP contribution < -0.4 is 19.5 Å². The Balaban J connectivity index is 1.70. The van der Waals surface area contributed by atoms with Crippen molar-refractivity contribution in [1.82, 2.24) is 4.90 Å². The van der Waals surface area contributed by atoms with Crippen molar-refractivity contribution in [3.63, 3.8) is 0 Å². The van der Waals surface area contributed by atoms with Crippen LogP contribution in [0.1, 0.15) is 12.5 Å². The van der Waals surface area contributed by atoms with Gasteiger partial charge < -0.3 is 24.3 Å². The lowest BCUT2D eigenvalue weighted by molar-refractivity contribution is -0.112. The lowest BCUT2D eigenvalue weighted by Gasteiger charge is -2.26. The Bertz CT molecular complexity index is 1010. The summed E-state index contributed by atoms with van der Waals surface area (Å²) in [5.41, 5.74) is 1.11. The number of nitriles is 1. The third-order valence-corrected chi connectivity index (χ3v) is 5.07. The van der Waals surface area contributed by atoms with Crippen LogP contribution in [-0.2, 0) is 9.53 Å². The summed E-state index contributed by atoms with van der Waals surface area (Å²) < 4.78 is 22.3. The van der Waals surface area contributed by atoms with Crippen molar-refractivity contribution in [2.45, 2.75) is 6.92 Å². The number of carbonyl (C=O) groups excluding carboxylic acids is 1. The largest absolute Gasteiger partial charge is 0.495 e. The van der Waals surface area contributed by atoms with E-state index < -0.39 is 5.91 Å². The highest BCUT2D eigenvalue weighted by Crippen LogP contribution is 2.30. The molecule has 0 spiro atoms. The van der Waals surface area contributed by atoms with Gasteiger partial charge in [-0.25, -0.2) is 0 Å². The van der Waals surface area contributed by atoms with Crippen molar-refractivity contribution in [3.8, 4) is 23.3 Å². The van der Waals surface area contributed by atoms with E-state index in [-0.39, 0.29) is 5.57 Å². The van der Waals surface area contributed by atoms with E-state index in [1.54, 1.807) is 42.5 Å². The number of nitrogens with zero attached hydrogens (tertiary/aromatic N) is 2. The van der Waals surface area contributed by atoms with Gasteiger partial charge in [0.25, 0.3) is 5.91 Å². The average molecular weight is 452 g/mol. The van der Waals surface area contributed by atoms with Gasteiger partial charge in [0.05, 0.1) is 32.6 Å². The van der Waals surface area contributed by atoms with Crippen LogP contribution in [0.3, 0.4) is 0 Å². The molecular formula is C25H29N3O5. The Morgan fingerprint density at radius 1 is 1.15 bits per heavy atom. The minimum Gasteiger partial charge on any atom is -0.495 e. The maximum atomic E-state index is 12.7. The Labute approximate surface area is 194 Å². The van der Waals surface area contributed by atoms with Crippen molar-refractivity contribution in [1.29, 1.82) is 5.26 Å². The summed E-state index contributed by atoms with van der Waals surface area (Å²) in [6, 6.07) is 14.3. The van der Waals surface area contributed by atoms with Crippen molar-refractivity contribution < 1.29 is 23.7 Å².